The van der Waals surface area contributed by atoms with Gasteiger partial charge in [0.05, 0.1) is 23.7 Å². The van der Waals surface area contributed by atoms with Gasteiger partial charge in [0.25, 0.3) is 5.69 Å². The molecular weight excluding hydrogens is 227 g/mol. The summed E-state index contributed by atoms with van der Waals surface area (Å²) in [6.07, 6.45) is 1.67. The van der Waals surface area contributed by atoms with Crippen LogP contribution < -0.4 is 5.73 Å². The quantitative estimate of drug-likeness (QED) is 0.642. The lowest BCUT2D eigenvalue weighted by molar-refractivity contribution is -0.385. The van der Waals surface area contributed by atoms with Gasteiger partial charge >= 0.3 is 0 Å². The lowest BCUT2D eigenvalue weighted by Gasteiger charge is -2.32. The van der Waals surface area contributed by atoms with Gasteiger partial charge in [-0.05, 0) is 24.5 Å². The molecule has 6 heteroatoms. The van der Waals surface area contributed by atoms with Crippen molar-refractivity contribution in [2.45, 2.75) is 31.6 Å². The van der Waals surface area contributed by atoms with E-state index in [1.807, 2.05) is 0 Å². The van der Waals surface area contributed by atoms with E-state index < -0.39 is 10.7 Å². The van der Waals surface area contributed by atoms with E-state index in [2.05, 4.69) is 0 Å². The fourth-order valence-corrected chi connectivity index (χ4v) is 1.78. The average molecular weight is 240 g/mol. The lowest BCUT2D eigenvalue weighted by atomic mass is 9.90. The number of hydrogen-bond donors (Lipinski definition) is 1. The molecule has 0 atom stereocenters. The Hall–Kier alpha value is -1.53. The summed E-state index contributed by atoms with van der Waals surface area (Å²) in [6.45, 7) is 0.177. The topological polar surface area (TPSA) is 78.4 Å². The predicted octanol–water partition coefficient (Wildman–Crippen LogP) is 1.74. The van der Waals surface area contributed by atoms with E-state index in [1.54, 1.807) is 0 Å². The maximum Gasteiger partial charge on any atom is 0.272 e. The van der Waals surface area contributed by atoms with E-state index in [0.717, 1.165) is 18.9 Å². The first-order chi connectivity index (χ1) is 8.04. The Morgan fingerprint density at radius 3 is 2.76 bits per heavy atom. The number of ether oxygens (including phenoxy) is 1. The van der Waals surface area contributed by atoms with Gasteiger partial charge < -0.3 is 10.5 Å². The highest BCUT2D eigenvalue weighted by Gasteiger charge is 2.26. The number of non-ortho nitro benzene ring substituents is 1. The average Bonchev–Trinajstić information content (AvgIpc) is 2.22. The molecule has 0 saturated heterocycles. The third-order valence-electron chi connectivity index (χ3n) is 2.77. The van der Waals surface area contributed by atoms with Crippen LogP contribution in [0.4, 0.5) is 10.1 Å². The van der Waals surface area contributed by atoms with Crippen molar-refractivity contribution in [2.24, 2.45) is 5.73 Å². The number of rotatable bonds is 4. The minimum atomic E-state index is -0.622. The molecule has 1 aliphatic rings. The van der Waals surface area contributed by atoms with Crippen molar-refractivity contribution in [2.75, 3.05) is 0 Å². The molecule has 0 unspecified atom stereocenters. The number of nitro benzene ring substituents is 1. The van der Waals surface area contributed by atoms with E-state index in [-0.39, 0.29) is 24.4 Å². The number of nitrogens with zero attached hydrogens (tertiary/aromatic N) is 1. The molecule has 0 spiro atoms. The molecule has 1 saturated carbocycles. The standard InChI is InChI=1S/C11H13FN2O3/c12-8-1-7(2-10(3-8)14(15)16)6-17-11-4-9(13)5-11/h1-3,9,11H,4-6,13H2. The second-order valence-electron chi connectivity index (χ2n) is 4.24. The van der Waals surface area contributed by atoms with Crippen LogP contribution in [0.25, 0.3) is 0 Å². The summed E-state index contributed by atoms with van der Waals surface area (Å²) in [4.78, 5) is 9.92. The Kier molecular flexibility index (Phi) is 3.35. The van der Waals surface area contributed by atoms with Crippen LogP contribution in [0.15, 0.2) is 18.2 Å². The maximum atomic E-state index is 13.1. The Balaban J connectivity index is 1.98. The minimum absolute atomic E-state index is 0.0901. The zero-order chi connectivity index (χ0) is 12.4. The molecule has 2 rings (SSSR count). The molecule has 0 heterocycles. The Morgan fingerprint density at radius 2 is 2.18 bits per heavy atom. The molecule has 1 fully saturated rings. The zero-order valence-electron chi connectivity index (χ0n) is 9.14. The van der Waals surface area contributed by atoms with E-state index in [4.69, 9.17) is 10.5 Å². The molecule has 5 nitrogen and oxygen atoms in total. The minimum Gasteiger partial charge on any atom is -0.373 e. The van der Waals surface area contributed by atoms with E-state index in [1.165, 1.54) is 12.1 Å². The molecule has 1 aromatic carbocycles. The fraction of sp³-hybridized carbons (Fsp3) is 0.455. The van der Waals surface area contributed by atoms with Gasteiger partial charge in [-0.25, -0.2) is 4.39 Å². The molecule has 2 N–H and O–H groups in total. The van der Waals surface area contributed by atoms with Crippen LogP contribution in [0.1, 0.15) is 18.4 Å². The summed E-state index contributed by atoms with van der Waals surface area (Å²) in [5.41, 5.74) is 5.81. The first-order valence-electron chi connectivity index (χ1n) is 5.35. The normalized spacial score (nSPS) is 23.2. The first kappa shape index (κ1) is 11.9. The predicted molar refractivity (Wildman–Crippen MR) is 58.8 cm³/mol. The van der Waals surface area contributed by atoms with Crippen molar-refractivity contribution >= 4 is 5.69 Å². The second-order valence-corrected chi connectivity index (χ2v) is 4.24. The lowest BCUT2D eigenvalue weighted by Crippen LogP contribution is -2.41. The number of nitrogens with two attached hydrogens (primary N) is 1. The molecule has 0 aromatic heterocycles. The number of halogens is 1. The highest BCUT2D eigenvalue weighted by Crippen LogP contribution is 2.23. The first-order valence-corrected chi connectivity index (χ1v) is 5.35. The summed E-state index contributed by atoms with van der Waals surface area (Å²) < 4.78 is 18.5. The molecule has 0 aliphatic heterocycles. The van der Waals surface area contributed by atoms with Gasteiger partial charge in [0.2, 0.25) is 0 Å². The third kappa shape index (κ3) is 2.98. The highest BCUT2D eigenvalue weighted by molar-refractivity contribution is 5.34. The van der Waals surface area contributed by atoms with Gasteiger partial charge in [0.15, 0.2) is 0 Å². The smallest absolute Gasteiger partial charge is 0.272 e. The van der Waals surface area contributed by atoms with Crippen LogP contribution in [0.2, 0.25) is 0 Å². The maximum absolute atomic E-state index is 13.1. The molecule has 0 bridgehead atoms. The van der Waals surface area contributed by atoms with Gasteiger partial charge in [0, 0.05) is 12.1 Å². The van der Waals surface area contributed by atoms with Crippen LogP contribution in [-0.4, -0.2) is 17.1 Å². The molecule has 0 amide bonds. The van der Waals surface area contributed by atoms with Gasteiger partial charge in [0.1, 0.15) is 5.82 Å². The highest BCUT2D eigenvalue weighted by atomic mass is 19.1. The molecule has 17 heavy (non-hydrogen) atoms. The van der Waals surface area contributed by atoms with E-state index in [9.17, 15) is 14.5 Å². The Morgan fingerprint density at radius 1 is 1.47 bits per heavy atom. The summed E-state index contributed by atoms with van der Waals surface area (Å²) in [7, 11) is 0. The Bertz CT molecular complexity index is 433. The summed E-state index contributed by atoms with van der Waals surface area (Å²) in [5, 5.41) is 10.5. The van der Waals surface area contributed by atoms with Crippen LogP contribution in [-0.2, 0) is 11.3 Å². The summed E-state index contributed by atoms with van der Waals surface area (Å²) >= 11 is 0. The second kappa shape index (κ2) is 4.77. The van der Waals surface area contributed by atoms with Gasteiger partial charge in [-0.2, -0.15) is 0 Å². The van der Waals surface area contributed by atoms with Crippen molar-refractivity contribution in [1.29, 1.82) is 0 Å². The largest absolute Gasteiger partial charge is 0.373 e. The summed E-state index contributed by atoms with van der Waals surface area (Å²) in [6, 6.07) is 3.64. The van der Waals surface area contributed by atoms with Crippen molar-refractivity contribution in [3.8, 4) is 0 Å². The van der Waals surface area contributed by atoms with Crippen molar-refractivity contribution in [1.82, 2.24) is 0 Å². The SMILES string of the molecule is NC1CC(OCc2cc(F)cc([N+](=O)[O-])c2)C1. The molecule has 92 valence electrons. The van der Waals surface area contributed by atoms with E-state index >= 15 is 0 Å². The monoisotopic (exact) mass is 240 g/mol. The van der Waals surface area contributed by atoms with Gasteiger partial charge in [-0.3, -0.25) is 10.1 Å². The zero-order valence-corrected chi connectivity index (χ0v) is 9.14. The van der Waals surface area contributed by atoms with Crippen LogP contribution >= 0.6 is 0 Å². The van der Waals surface area contributed by atoms with Crippen LogP contribution in [0.3, 0.4) is 0 Å². The molecule has 0 radical (unpaired) electrons. The summed E-state index contributed by atoms with van der Waals surface area (Å²) in [5.74, 6) is -0.622. The van der Waals surface area contributed by atoms with Gasteiger partial charge in [-0.1, -0.05) is 0 Å². The van der Waals surface area contributed by atoms with E-state index in [0.29, 0.717) is 5.56 Å². The van der Waals surface area contributed by atoms with Crippen LogP contribution in [0, 0.1) is 15.9 Å². The number of hydrogen-bond acceptors (Lipinski definition) is 4. The van der Waals surface area contributed by atoms with Crippen LogP contribution in [0.5, 0.6) is 0 Å². The molecular formula is C11H13FN2O3. The third-order valence-corrected chi connectivity index (χ3v) is 2.77. The fourth-order valence-electron chi connectivity index (χ4n) is 1.78. The van der Waals surface area contributed by atoms with Crippen molar-refractivity contribution < 1.29 is 14.1 Å². The molecule has 1 aromatic rings. The molecule has 1 aliphatic carbocycles. The number of benzene rings is 1. The van der Waals surface area contributed by atoms with Crippen molar-refractivity contribution in [3.05, 3.63) is 39.7 Å². The Labute approximate surface area is 97.5 Å². The number of nitro groups is 1. The van der Waals surface area contributed by atoms with Gasteiger partial charge in [-0.15, -0.1) is 0 Å². The van der Waals surface area contributed by atoms with Crippen molar-refractivity contribution in [3.63, 3.8) is 0 Å².